The fourth-order valence-corrected chi connectivity index (χ4v) is 2.14. The van der Waals surface area contributed by atoms with Crippen molar-refractivity contribution in [1.29, 1.82) is 0 Å². The molecular formula is C13H11F3N2O2S. The van der Waals surface area contributed by atoms with Crippen LogP contribution in [0.2, 0.25) is 0 Å². The number of hydrogen-bond donors (Lipinski definition) is 1. The Morgan fingerprint density at radius 1 is 1.33 bits per heavy atom. The second kappa shape index (κ2) is 6.13. The molecule has 1 aromatic carbocycles. The number of carbonyl (C=O) groups is 1. The zero-order chi connectivity index (χ0) is 15.5. The molecule has 0 fully saturated rings. The van der Waals surface area contributed by atoms with Crippen molar-refractivity contribution in [3.05, 3.63) is 40.9 Å². The predicted molar refractivity (Wildman–Crippen MR) is 72.4 cm³/mol. The van der Waals surface area contributed by atoms with Crippen molar-refractivity contribution in [1.82, 2.24) is 4.98 Å². The van der Waals surface area contributed by atoms with E-state index in [1.807, 2.05) is 6.92 Å². The van der Waals surface area contributed by atoms with E-state index in [1.165, 1.54) is 23.5 Å². The van der Waals surface area contributed by atoms with Crippen LogP contribution in [-0.4, -0.2) is 17.5 Å². The number of nitrogens with one attached hydrogen (secondary N) is 1. The summed E-state index contributed by atoms with van der Waals surface area (Å²) in [5.74, 6) is -0.238. The standard InChI is InChI=1S/C13H11F3N2O2S/c1-8-6-17-12(21-8)18-11(19)7-20-10-4-2-9(3-5-10)13(14,15)16/h2-6H,7H2,1H3,(H,17,18,19). The van der Waals surface area contributed by atoms with Crippen molar-refractivity contribution in [3.63, 3.8) is 0 Å². The third-order valence-corrected chi connectivity index (χ3v) is 3.25. The highest BCUT2D eigenvalue weighted by Gasteiger charge is 2.30. The van der Waals surface area contributed by atoms with Gasteiger partial charge in [0.25, 0.3) is 5.91 Å². The van der Waals surface area contributed by atoms with E-state index < -0.39 is 17.6 Å². The molecule has 21 heavy (non-hydrogen) atoms. The van der Waals surface area contributed by atoms with Crippen LogP contribution in [0.4, 0.5) is 18.3 Å². The number of ether oxygens (including phenoxy) is 1. The lowest BCUT2D eigenvalue weighted by Gasteiger charge is -2.08. The van der Waals surface area contributed by atoms with E-state index in [0.29, 0.717) is 5.13 Å². The van der Waals surface area contributed by atoms with Crippen LogP contribution < -0.4 is 10.1 Å². The molecule has 0 atom stereocenters. The first kappa shape index (κ1) is 15.3. The van der Waals surface area contributed by atoms with Gasteiger partial charge < -0.3 is 4.74 Å². The Hall–Kier alpha value is -2.09. The van der Waals surface area contributed by atoms with Gasteiger partial charge in [-0.25, -0.2) is 4.98 Å². The number of benzene rings is 1. The monoisotopic (exact) mass is 316 g/mol. The maximum absolute atomic E-state index is 12.4. The summed E-state index contributed by atoms with van der Waals surface area (Å²) in [6.07, 6.45) is -2.77. The molecule has 8 heteroatoms. The Kier molecular flexibility index (Phi) is 4.46. The molecule has 0 aliphatic rings. The predicted octanol–water partition coefficient (Wildman–Crippen LogP) is 3.49. The van der Waals surface area contributed by atoms with Crippen LogP contribution in [0, 0.1) is 6.92 Å². The molecule has 1 N–H and O–H groups in total. The van der Waals surface area contributed by atoms with Crippen molar-refractivity contribution >= 4 is 22.4 Å². The first-order valence-electron chi connectivity index (χ1n) is 5.87. The Morgan fingerprint density at radius 2 is 2.00 bits per heavy atom. The van der Waals surface area contributed by atoms with E-state index in [0.717, 1.165) is 17.0 Å². The number of aryl methyl sites for hydroxylation is 1. The Labute approximate surface area is 122 Å². The normalized spacial score (nSPS) is 11.2. The van der Waals surface area contributed by atoms with E-state index in [9.17, 15) is 18.0 Å². The Bertz CT molecular complexity index is 623. The molecule has 0 spiro atoms. The molecule has 0 aliphatic heterocycles. The van der Waals surface area contributed by atoms with Crippen LogP contribution in [0.3, 0.4) is 0 Å². The summed E-state index contributed by atoms with van der Waals surface area (Å²) in [4.78, 5) is 16.5. The lowest BCUT2D eigenvalue weighted by molar-refractivity contribution is -0.137. The van der Waals surface area contributed by atoms with Gasteiger partial charge in [0.15, 0.2) is 11.7 Å². The van der Waals surface area contributed by atoms with Gasteiger partial charge in [0, 0.05) is 11.1 Å². The second-order valence-electron chi connectivity index (χ2n) is 4.14. The molecule has 2 aromatic rings. The van der Waals surface area contributed by atoms with Crippen LogP contribution in [0.5, 0.6) is 5.75 Å². The van der Waals surface area contributed by atoms with E-state index in [2.05, 4.69) is 10.3 Å². The molecule has 0 unspecified atom stereocenters. The zero-order valence-electron chi connectivity index (χ0n) is 10.9. The lowest BCUT2D eigenvalue weighted by Crippen LogP contribution is -2.20. The lowest BCUT2D eigenvalue weighted by atomic mass is 10.2. The number of rotatable bonds is 4. The van der Waals surface area contributed by atoms with Crippen LogP contribution in [0.1, 0.15) is 10.4 Å². The summed E-state index contributed by atoms with van der Waals surface area (Å²) in [6, 6.07) is 4.14. The largest absolute Gasteiger partial charge is 0.484 e. The van der Waals surface area contributed by atoms with Gasteiger partial charge in [-0.05, 0) is 31.2 Å². The molecule has 0 aliphatic carbocycles. The molecule has 1 aromatic heterocycles. The number of anilines is 1. The van der Waals surface area contributed by atoms with Crippen LogP contribution in [0.25, 0.3) is 0 Å². The first-order chi connectivity index (χ1) is 9.84. The fraction of sp³-hybridized carbons (Fsp3) is 0.231. The number of halogens is 3. The smallest absolute Gasteiger partial charge is 0.416 e. The average Bonchev–Trinajstić information content (AvgIpc) is 2.81. The molecular weight excluding hydrogens is 305 g/mol. The SMILES string of the molecule is Cc1cnc(NC(=O)COc2ccc(C(F)(F)F)cc2)s1. The van der Waals surface area contributed by atoms with Gasteiger partial charge in [-0.2, -0.15) is 13.2 Å². The van der Waals surface area contributed by atoms with E-state index in [4.69, 9.17) is 4.74 Å². The summed E-state index contributed by atoms with van der Waals surface area (Å²) < 4.78 is 42.2. The van der Waals surface area contributed by atoms with Crippen molar-refractivity contribution in [2.45, 2.75) is 13.1 Å². The second-order valence-corrected chi connectivity index (χ2v) is 5.37. The highest BCUT2D eigenvalue weighted by Crippen LogP contribution is 2.30. The average molecular weight is 316 g/mol. The van der Waals surface area contributed by atoms with Crippen LogP contribution in [0.15, 0.2) is 30.5 Å². The molecule has 0 saturated heterocycles. The van der Waals surface area contributed by atoms with Crippen molar-refractivity contribution < 1.29 is 22.7 Å². The maximum atomic E-state index is 12.4. The number of nitrogens with zero attached hydrogens (tertiary/aromatic N) is 1. The van der Waals surface area contributed by atoms with Gasteiger partial charge in [-0.1, -0.05) is 0 Å². The molecule has 112 valence electrons. The highest BCUT2D eigenvalue weighted by atomic mass is 32.1. The minimum absolute atomic E-state index is 0.188. The van der Waals surface area contributed by atoms with Gasteiger partial charge in [-0.3, -0.25) is 10.1 Å². The number of hydrogen-bond acceptors (Lipinski definition) is 4. The quantitative estimate of drug-likeness (QED) is 0.939. The third kappa shape index (κ3) is 4.45. The maximum Gasteiger partial charge on any atom is 0.416 e. The highest BCUT2D eigenvalue weighted by molar-refractivity contribution is 7.15. The molecule has 1 heterocycles. The molecule has 1 amide bonds. The zero-order valence-corrected chi connectivity index (χ0v) is 11.7. The Balaban J connectivity index is 1.86. The molecule has 4 nitrogen and oxygen atoms in total. The van der Waals surface area contributed by atoms with E-state index >= 15 is 0 Å². The van der Waals surface area contributed by atoms with Gasteiger partial charge in [0.2, 0.25) is 0 Å². The van der Waals surface area contributed by atoms with E-state index in [-0.39, 0.29) is 12.4 Å². The molecule has 0 radical (unpaired) electrons. The van der Waals surface area contributed by atoms with Crippen molar-refractivity contribution in [2.75, 3.05) is 11.9 Å². The molecule has 2 rings (SSSR count). The van der Waals surface area contributed by atoms with Crippen molar-refractivity contribution in [3.8, 4) is 5.75 Å². The third-order valence-electron chi connectivity index (χ3n) is 2.42. The van der Waals surface area contributed by atoms with Crippen LogP contribution >= 0.6 is 11.3 Å². The minimum atomic E-state index is -4.39. The fourth-order valence-electron chi connectivity index (χ4n) is 1.46. The summed E-state index contributed by atoms with van der Waals surface area (Å²) in [5, 5.41) is 2.98. The molecule has 0 saturated carbocycles. The van der Waals surface area contributed by atoms with Gasteiger partial charge in [-0.15, -0.1) is 11.3 Å². The summed E-state index contributed by atoms with van der Waals surface area (Å²) in [5.41, 5.74) is -0.766. The number of amides is 1. The summed E-state index contributed by atoms with van der Waals surface area (Å²) >= 11 is 1.32. The molecule has 0 bridgehead atoms. The number of carbonyl (C=O) groups excluding carboxylic acids is 1. The number of thiazole rings is 1. The Morgan fingerprint density at radius 3 is 2.52 bits per heavy atom. The summed E-state index contributed by atoms with van der Waals surface area (Å²) in [6.45, 7) is 1.55. The first-order valence-corrected chi connectivity index (χ1v) is 6.68. The van der Waals surface area contributed by atoms with Gasteiger partial charge in [0.05, 0.1) is 5.56 Å². The number of aromatic nitrogens is 1. The minimum Gasteiger partial charge on any atom is -0.484 e. The topological polar surface area (TPSA) is 51.2 Å². The summed E-state index contributed by atoms with van der Waals surface area (Å²) in [7, 11) is 0. The van der Waals surface area contributed by atoms with Gasteiger partial charge >= 0.3 is 6.18 Å². The number of alkyl halides is 3. The van der Waals surface area contributed by atoms with Gasteiger partial charge in [0.1, 0.15) is 5.75 Å². The van der Waals surface area contributed by atoms with Crippen molar-refractivity contribution in [2.24, 2.45) is 0 Å². The van der Waals surface area contributed by atoms with E-state index in [1.54, 1.807) is 6.20 Å². The van der Waals surface area contributed by atoms with Crippen LogP contribution in [-0.2, 0) is 11.0 Å².